The van der Waals surface area contributed by atoms with Crippen molar-refractivity contribution in [3.05, 3.63) is 46.8 Å². The Balaban J connectivity index is 1.74. The van der Waals surface area contributed by atoms with Crippen LogP contribution in [0.15, 0.2) is 24.3 Å². The number of aryl methyl sites for hydroxylation is 1. The highest BCUT2D eigenvalue weighted by molar-refractivity contribution is 6.01. The quantitative estimate of drug-likeness (QED) is 0.560. The highest BCUT2D eigenvalue weighted by atomic mass is 16.5. The third kappa shape index (κ3) is 3.31. The van der Waals surface area contributed by atoms with Gasteiger partial charge in [-0.25, -0.2) is 4.79 Å². The number of methoxy groups -OCH3 is 2. The van der Waals surface area contributed by atoms with Crippen LogP contribution < -0.4 is 9.47 Å². The monoisotopic (exact) mass is 357 g/mol. The fourth-order valence-electron chi connectivity index (χ4n) is 3.29. The van der Waals surface area contributed by atoms with Gasteiger partial charge in [-0.15, -0.1) is 0 Å². The molecule has 26 heavy (non-hydrogen) atoms. The molecular weight excluding hydrogens is 334 g/mol. The summed E-state index contributed by atoms with van der Waals surface area (Å²) in [6, 6.07) is 7.37. The molecule has 138 valence electrons. The van der Waals surface area contributed by atoms with Gasteiger partial charge in [-0.2, -0.15) is 0 Å². The van der Waals surface area contributed by atoms with Crippen molar-refractivity contribution in [3.8, 4) is 11.5 Å². The van der Waals surface area contributed by atoms with E-state index in [9.17, 15) is 9.59 Å². The van der Waals surface area contributed by atoms with E-state index in [0.717, 1.165) is 24.2 Å². The maximum atomic E-state index is 12.6. The molecule has 0 N–H and O–H groups in total. The Morgan fingerprint density at radius 2 is 1.73 bits per heavy atom. The second kappa shape index (κ2) is 7.23. The highest BCUT2D eigenvalue weighted by Crippen LogP contribution is 2.38. The molecule has 1 heterocycles. The summed E-state index contributed by atoms with van der Waals surface area (Å²) < 4.78 is 17.9. The zero-order chi connectivity index (χ0) is 18.8. The van der Waals surface area contributed by atoms with Crippen molar-refractivity contribution in [1.82, 2.24) is 4.57 Å². The van der Waals surface area contributed by atoms with Gasteiger partial charge in [0.15, 0.2) is 6.61 Å². The van der Waals surface area contributed by atoms with E-state index in [1.165, 1.54) is 14.2 Å². The number of aromatic nitrogens is 1. The lowest BCUT2D eigenvalue weighted by Crippen LogP contribution is -2.16. The number of nitrogens with zero attached hydrogens (tertiary/aromatic N) is 1. The number of hydrogen-bond donors (Lipinski definition) is 0. The second-order valence-corrected chi connectivity index (χ2v) is 6.42. The van der Waals surface area contributed by atoms with Crippen LogP contribution in [0.4, 0.5) is 0 Å². The molecule has 0 amide bonds. The number of carbonyl (C=O) groups excluding carboxylic acids is 2. The molecule has 2 aromatic rings. The zero-order valence-corrected chi connectivity index (χ0v) is 15.5. The van der Waals surface area contributed by atoms with E-state index in [1.807, 2.05) is 19.9 Å². The van der Waals surface area contributed by atoms with Crippen LogP contribution in [0.1, 0.15) is 51.0 Å². The fourth-order valence-corrected chi connectivity index (χ4v) is 3.29. The van der Waals surface area contributed by atoms with Gasteiger partial charge in [0.2, 0.25) is 5.78 Å². The summed E-state index contributed by atoms with van der Waals surface area (Å²) in [5.74, 6) is -0.182. The molecule has 0 aliphatic heterocycles. The van der Waals surface area contributed by atoms with E-state index in [4.69, 9.17) is 14.2 Å². The molecule has 0 spiro atoms. The minimum Gasteiger partial charge on any atom is -0.496 e. The first-order valence-corrected chi connectivity index (χ1v) is 8.57. The SMILES string of the molecule is COc1cccc(OC)c1C(=O)OCC(=O)c1cc(C)n(C2CC2)c1C. The molecule has 6 heteroatoms. The van der Waals surface area contributed by atoms with Crippen molar-refractivity contribution in [2.45, 2.75) is 32.7 Å². The van der Waals surface area contributed by atoms with Gasteiger partial charge < -0.3 is 18.8 Å². The third-order valence-corrected chi connectivity index (χ3v) is 4.66. The number of ketones is 1. The molecule has 3 rings (SSSR count). The molecule has 1 aliphatic carbocycles. The highest BCUT2D eigenvalue weighted by Gasteiger charge is 2.29. The summed E-state index contributed by atoms with van der Waals surface area (Å²) in [6.07, 6.45) is 2.29. The van der Waals surface area contributed by atoms with Gasteiger partial charge >= 0.3 is 5.97 Å². The van der Waals surface area contributed by atoms with Crippen molar-refractivity contribution in [2.75, 3.05) is 20.8 Å². The summed E-state index contributed by atoms with van der Waals surface area (Å²) in [5, 5.41) is 0. The zero-order valence-electron chi connectivity index (χ0n) is 15.5. The number of esters is 1. The minimum atomic E-state index is -0.649. The average molecular weight is 357 g/mol. The van der Waals surface area contributed by atoms with Gasteiger partial charge in [0.05, 0.1) is 14.2 Å². The third-order valence-electron chi connectivity index (χ3n) is 4.66. The van der Waals surface area contributed by atoms with E-state index in [-0.39, 0.29) is 18.0 Å². The van der Waals surface area contributed by atoms with Crippen LogP contribution in [0.5, 0.6) is 11.5 Å². The van der Waals surface area contributed by atoms with Crippen LogP contribution >= 0.6 is 0 Å². The smallest absolute Gasteiger partial charge is 0.346 e. The fraction of sp³-hybridized carbons (Fsp3) is 0.400. The summed E-state index contributed by atoms with van der Waals surface area (Å²) in [6.45, 7) is 3.60. The molecule has 6 nitrogen and oxygen atoms in total. The minimum absolute atomic E-state index is 0.175. The Labute approximate surface area is 152 Å². The molecule has 0 bridgehead atoms. The molecule has 1 aromatic carbocycles. The van der Waals surface area contributed by atoms with Crippen LogP contribution in [0.2, 0.25) is 0 Å². The van der Waals surface area contributed by atoms with Gasteiger partial charge in [-0.05, 0) is 44.9 Å². The van der Waals surface area contributed by atoms with Gasteiger partial charge in [0, 0.05) is 23.0 Å². The second-order valence-electron chi connectivity index (χ2n) is 6.42. The summed E-state index contributed by atoms with van der Waals surface area (Å²) in [4.78, 5) is 25.0. The van der Waals surface area contributed by atoms with Gasteiger partial charge in [0.1, 0.15) is 17.1 Å². The van der Waals surface area contributed by atoms with Crippen molar-refractivity contribution in [3.63, 3.8) is 0 Å². The topological polar surface area (TPSA) is 66.8 Å². The molecule has 0 unspecified atom stereocenters. The lowest BCUT2D eigenvalue weighted by Gasteiger charge is -2.12. The van der Waals surface area contributed by atoms with Gasteiger partial charge in [-0.1, -0.05) is 6.07 Å². The van der Waals surface area contributed by atoms with Gasteiger partial charge in [-0.3, -0.25) is 4.79 Å². The number of benzene rings is 1. The first kappa shape index (κ1) is 18.0. The number of rotatable bonds is 7. The molecular formula is C20H23NO5. The van der Waals surface area contributed by atoms with E-state index in [2.05, 4.69) is 4.57 Å². The van der Waals surface area contributed by atoms with Crippen molar-refractivity contribution in [1.29, 1.82) is 0 Å². The maximum Gasteiger partial charge on any atom is 0.346 e. The lowest BCUT2D eigenvalue weighted by molar-refractivity contribution is 0.0468. The molecule has 1 fully saturated rings. The predicted molar refractivity (Wildman–Crippen MR) is 96.3 cm³/mol. The molecule has 1 aromatic heterocycles. The Morgan fingerprint density at radius 1 is 1.12 bits per heavy atom. The Kier molecular flexibility index (Phi) is 5.02. The summed E-state index contributed by atoms with van der Waals surface area (Å²) in [7, 11) is 2.92. The predicted octanol–water partition coefficient (Wildman–Crippen LogP) is 3.50. The van der Waals surface area contributed by atoms with Crippen LogP contribution in [0.3, 0.4) is 0 Å². The van der Waals surface area contributed by atoms with Gasteiger partial charge in [0.25, 0.3) is 0 Å². The van der Waals surface area contributed by atoms with Crippen molar-refractivity contribution < 1.29 is 23.8 Å². The standard InChI is InChI=1S/C20H23NO5/c1-12-10-15(13(2)21(12)14-8-9-14)16(22)11-26-20(23)19-17(24-3)6-5-7-18(19)25-4/h5-7,10,14H,8-9,11H2,1-4H3. The Morgan fingerprint density at radius 3 is 2.27 bits per heavy atom. The first-order chi connectivity index (χ1) is 12.5. The molecule has 0 atom stereocenters. The molecule has 1 saturated carbocycles. The van der Waals surface area contributed by atoms with Crippen molar-refractivity contribution >= 4 is 11.8 Å². The largest absolute Gasteiger partial charge is 0.496 e. The molecule has 0 radical (unpaired) electrons. The summed E-state index contributed by atoms with van der Waals surface area (Å²) in [5.41, 5.74) is 2.77. The van der Waals surface area contributed by atoms with E-state index < -0.39 is 5.97 Å². The van der Waals surface area contributed by atoms with E-state index in [1.54, 1.807) is 18.2 Å². The first-order valence-electron chi connectivity index (χ1n) is 8.57. The average Bonchev–Trinajstić information content (AvgIpc) is 3.43. The van der Waals surface area contributed by atoms with Crippen LogP contribution in [-0.2, 0) is 4.74 Å². The normalized spacial score (nSPS) is 13.4. The van der Waals surface area contributed by atoms with Crippen LogP contribution in [0.25, 0.3) is 0 Å². The number of Topliss-reactive ketones (excluding diaryl/α,β-unsaturated/α-hetero) is 1. The number of carbonyl (C=O) groups is 2. The maximum absolute atomic E-state index is 12.6. The molecule has 1 aliphatic rings. The van der Waals surface area contributed by atoms with Crippen molar-refractivity contribution in [2.24, 2.45) is 0 Å². The Bertz CT molecular complexity index is 826. The Hall–Kier alpha value is -2.76. The molecule has 0 saturated heterocycles. The lowest BCUT2D eigenvalue weighted by atomic mass is 10.1. The number of hydrogen-bond acceptors (Lipinski definition) is 5. The van der Waals surface area contributed by atoms with Crippen LogP contribution in [0, 0.1) is 13.8 Å². The summed E-state index contributed by atoms with van der Waals surface area (Å²) >= 11 is 0. The van der Waals surface area contributed by atoms with Crippen LogP contribution in [-0.4, -0.2) is 37.1 Å². The van der Waals surface area contributed by atoms with E-state index in [0.29, 0.717) is 23.1 Å². The number of ether oxygens (including phenoxy) is 3. The van der Waals surface area contributed by atoms with E-state index >= 15 is 0 Å².